The van der Waals surface area contributed by atoms with Gasteiger partial charge in [-0.25, -0.2) is 0 Å². The van der Waals surface area contributed by atoms with Crippen LogP contribution in [0.15, 0.2) is 47.7 Å². The van der Waals surface area contributed by atoms with E-state index < -0.39 is 0 Å². The number of fused-ring (bicyclic) bond motifs is 2. The maximum absolute atomic E-state index is 9.35. The molecule has 0 aliphatic heterocycles. The van der Waals surface area contributed by atoms with E-state index in [1.165, 1.54) is 11.1 Å². The van der Waals surface area contributed by atoms with Crippen molar-refractivity contribution in [2.24, 2.45) is 5.73 Å². The molecule has 0 bridgehead atoms. The number of nitrogens with zero attached hydrogens (tertiary/aromatic N) is 1. The monoisotopic (exact) mass is 222 g/mol. The van der Waals surface area contributed by atoms with Gasteiger partial charge in [0.05, 0.1) is 17.1 Å². The molecule has 1 unspecified atom stereocenters. The first-order chi connectivity index (χ1) is 8.28. The predicted octanol–water partition coefficient (Wildman–Crippen LogP) is 2.57. The fourth-order valence-electron chi connectivity index (χ4n) is 3.12. The van der Waals surface area contributed by atoms with Crippen LogP contribution in [0.1, 0.15) is 24.0 Å². The van der Waals surface area contributed by atoms with Crippen LogP contribution in [0.25, 0.3) is 0 Å². The van der Waals surface area contributed by atoms with Gasteiger partial charge >= 0.3 is 0 Å². The summed E-state index contributed by atoms with van der Waals surface area (Å²) < 4.78 is 0. The number of rotatable bonds is 0. The molecule has 2 heteroatoms. The van der Waals surface area contributed by atoms with Crippen molar-refractivity contribution in [3.8, 4) is 6.07 Å². The summed E-state index contributed by atoms with van der Waals surface area (Å²) in [6, 6.07) is 10.7. The molecule has 0 saturated carbocycles. The number of allylic oxidation sites excluding steroid dienone is 3. The Labute approximate surface area is 101 Å². The van der Waals surface area contributed by atoms with Crippen LogP contribution in [0.5, 0.6) is 0 Å². The van der Waals surface area contributed by atoms with Crippen molar-refractivity contribution in [1.82, 2.24) is 0 Å². The number of hydrogen-bond donors (Lipinski definition) is 1. The van der Waals surface area contributed by atoms with Crippen LogP contribution < -0.4 is 5.73 Å². The number of nitriles is 1. The van der Waals surface area contributed by atoms with Gasteiger partial charge in [-0.05, 0) is 36.5 Å². The normalized spacial score (nSPS) is 26.1. The third-order valence-corrected chi connectivity index (χ3v) is 3.91. The van der Waals surface area contributed by atoms with E-state index in [0.717, 1.165) is 24.8 Å². The summed E-state index contributed by atoms with van der Waals surface area (Å²) >= 11 is 0. The molecule has 0 amide bonds. The zero-order chi connectivity index (χ0) is 11.9. The van der Waals surface area contributed by atoms with Crippen LogP contribution in [-0.2, 0) is 11.8 Å². The summed E-state index contributed by atoms with van der Waals surface area (Å²) in [4.78, 5) is 0. The SMILES string of the molecule is N#CC1=C(N)C=CC12CCCc1ccccc12. The fourth-order valence-corrected chi connectivity index (χ4v) is 3.12. The Balaban J connectivity index is 2.25. The van der Waals surface area contributed by atoms with Crippen molar-refractivity contribution in [3.63, 3.8) is 0 Å². The first-order valence-electron chi connectivity index (χ1n) is 5.96. The lowest BCUT2D eigenvalue weighted by atomic mass is 9.67. The summed E-state index contributed by atoms with van der Waals surface area (Å²) in [7, 11) is 0. The van der Waals surface area contributed by atoms with Crippen LogP contribution in [0.2, 0.25) is 0 Å². The van der Waals surface area contributed by atoms with Gasteiger partial charge in [0.15, 0.2) is 0 Å². The first-order valence-corrected chi connectivity index (χ1v) is 5.96. The molecule has 2 aliphatic carbocycles. The average molecular weight is 222 g/mol. The van der Waals surface area contributed by atoms with Gasteiger partial charge < -0.3 is 5.73 Å². The van der Waals surface area contributed by atoms with Gasteiger partial charge in [0.1, 0.15) is 0 Å². The Morgan fingerprint density at radius 1 is 1.29 bits per heavy atom. The summed E-state index contributed by atoms with van der Waals surface area (Å²) in [5.41, 5.74) is 9.65. The highest BCUT2D eigenvalue weighted by molar-refractivity contribution is 5.59. The van der Waals surface area contributed by atoms with E-state index in [2.05, 4.69) is 30.3 Å². The van der Waals surface area contributed by atoms with Gasteiger partial charge in [-0.2, -0.15) is 5.26 Å². The third-order valence-electron chi connectivity index (χ3n) is 3.91. The Morgan fingerprint density at radius 2 is 2.12 bits per heavy atom. The zero-order valence-corrected chi connectivity index (χ0v) is 9.61. The van der Waals surface area contributed by atoms with E-state index in [0.29, 0.717) is 5.70 Å². The molecule has 17 heavy (non-hydrogen) atoms. The third kappa shape index (κ3) is 1.26. The number of nitrogens with two attached hydrogens (primary N) is 1. The molecule has 2 aliphatic rings. The Hall–Kier alpha value is -2.01. The van der Waals surface area contributed by atoms with Gasteiger partial charge in [-0.1, -0.05) is 30.3 Å². The average Bonchev–Trinajstić information content (AvgIpc) is 2.67. The molecule has 0 radical (unpaired) electrons. The molecule has 0 aromatic heterocycles. The van der Waals surface area contributed by atoms with Gasteiger partial charge in [0, 0.05) is 5.70 Å². The van der Waals surface area contributed by atoms with E-state index in [1.54, 1.807) is 0 Å². The standard InChI is InChI=1S/C15H14N2/c16-10-13-14(17)7-9-15(13)8-3-5-11-4-1-2-6-12(11)15/h1-2,4,6-7,9H,3,5,8,17H2. The van der Waals surface area contributed by atoms with Crippen molar-refractivity contribution >= 4 is 0 Å². The van der Waals surface area contributed by atoms with Crippen molar-refractivity contribution in [2.75, 3.05) is 0 Å². The second-order valence-electron chi connectivity index (χ2n) is 4.76. The second kappa shape index (κ2) is 3.49. The molecule has 1 spiro atoms. The van der Waals surface area contributed by atoms with Crippen molar-refractivity contribution in [1.29, 1.82) is 5.26 Å². The van der Waals surface area contributed by atoms with Crippen molar-refractivity contribution in [3.05, 3.63) is 58.8 Å². The summed E-state index contributed by atoms with van der Waals surface area (Å²) in [5.74, 6) is 0. The van der Waals surface area contributed by atoms with E-state index in [-0.39, 0.29) is 5.41 Å². The summed E-state index contributed by atoms with van der Waals surface area (Å²) in [6.45, 7) is 0. The van der Waals surface area contributed by atoms with Crippen LogP contribution >= 0.6 is 0 Å². The highest BCUT2D eigenvalue weighted by Crippen LogP contribution is 2.47. The van der Waals surface area contributed by atoms with Crippen LogP contribution in [0.4, 0.5) is 0 Å². The number of benzene rings is 1. The minimum atomic E-state index is -0.242. The molecule has 1 aromatic rings. The van der Waals surface area contributed by atoms with Gasteiger partial charge in [0.2, 0.25) is 0 Å². The van der Waals surface area contributed by atoms with Crippen LogP contribution in [0, 0.1) is 11.3 Å². The highest BCUT2D eigenvalue weighted by atomic mass is 14.6. The largest absolute Gasteiger partial charge is 0.398 e. The molecule has 2 N–H and O–H groups in total. The lowest BCUT2D eigenvalue weighted by Crippen LogP contribution is -2.29. The Bertz CT molecular complexity index is 575. The molecule has 1 aromatic carbocycles. The lowest BCUT2D eigenvalue weighted by Gasteiger charge is -2.34. The molecule has 3 rings (SSSR count). The van der Waals surface area contributed by atoms with Crippen LogP contribution in [-0.4, -0.2) is 0 Å². The van der Waals surface area contributed by atoms with E-state index in [1.807, 2.05) is 12.1 Å². The van der Waals surface area contributed by atoms with Gasteiger partial charge in [-0.3, -0.25) is 0 Å². The zero-order valence-electron chi connectivity index (χ0n) is 9.61. The topological polar surface area (TPSA) is 49.8 Å². The molecule has 0 saturated heterocycles. The molecule has 2 nitrogen and oxygen atoms in total. The first kappa shape index (κ1) is 10.2. The molecule has 0 fully saturated rings. The Morgan fingerprint density at radius 3 is 2.94 bits per heavy atom. The van der Waals surface area contributed by atoms with Gasteiger partial charge in [-0.15, -0.1) is 0 Å². The van der Waals surface area contributed by atoms with Crippen LogP contribution in [0.3, 0.4) is 0 Å². The minimum absolute atomic E-state index is 0.242. The molecular formula is C15H14N2. The smallest absolute Gasteiger partial charge is 0.0981 e. The quantitative estimate of drug-likeness (QED) is 0.733. The fraction of sp³-hybridized carbons (Fsp3) is 0.267. The predicted molar refractivity (Wildman–Crippen MR) is 67.0 cm³/mol. The van der Waals surface area contributed by atoms with E-state index in [4.69, 9.17) is 5.73 Å². The maximum Gasteiger partial charge on any atom is 0.0981 e. The van der Waals surface area contributed by atoms with Crippen molar-refractivity contribution < 1.29 is 0 Å². The molecule has 84 valence electrons. The lowest BCUT2D eigenvalue weighted by molar-refractivity contribution is 0.518. The Kier molecular flexibility index (Phi) is 2.09. The number of hydrogen-bond acceptors (Lipinski definition) is 2. The van der Waals surface area contributed by atoms with E-state index in [9.17, 15) is 5.26 Å². The van der Waals surface area contributed by atoms with Crippen molar-refractivity contribution in [2.45, 2.75) is 24.7 Å². The minimum Gasteiger partial charge on any atom is -0.398 e. The second-order valence-corrected chi connectivity index (χ2v) is 4.76. The highest BCUT2D eigenvalue weighted by Gasteiger charge is 2.41. The molecule has 1 atom stereocenters. The molecular weight excluding hydrogens is 208 g/mol. The van der Waals surface area contributed by atoms with Gasteiger partial charge in [0.25, 0.3) is 0 Å². The summed E-state index contributed by atoms with van der Waals surface area (Å²) in [5, 5.41) is 9.35. The summed E-state index contributed by atoms with van der Waals surface area (Å²) in [6.07, 6.45) is 7.20. The maximum atomic E-state index is 9.35. The molecule has 0 heterocycles. The number of aryl methyl sites for hydroxylation is 1. The van der Waals surface area contributed by atoms with E-state index >= 15 is 0 Å².